The van der Waals surface area contributed by atoms with E-state index in [0.29, 0.717) is 40.9 Å². The highest BCUT2D eigenvalue weighted by atomic mass is 35.5. The molecule has 162 valence electrons. The zero-order valence-electron chi connectivity index (χ0n) is 17.5. The van der Waals surface area contributed by atoms with Crippen LogP contribution in [0.2, 0.25) is 5.02 Å². The van der Waals surface area contributed by atoms with Crippen LogP contribution in [0.4, 0.5) is 5.69 Å². The molecule has 7 heteroatoms. The van der Waals surface area contributed by atoms with Crippen molar-refractivity contribution < 1.29 is 14.3 Å². The van der Waals surface area contributed by atoms with Crippen LogP contribution >= 0.6 is 11.6 Å². The summed E-state index contributed by atoms with van der Waals surface area (Å²) in [7, 11) is 1.57. The van der Waals surface area contributed by atoms with Gasteiger partial charge >= 0.3 is 0 Å². The first-order chi connectivity index (χ1) is 15.6. The Morgan fingerprint density at radius 1 is 0.938 bits per heavy atom. The predicted octanol–water partition coefficient (Wildman–Crippen LogP) is 4.99. The summed E-state index contributed by atoms with van der Waals surface area (Å²) >= 11 is 6.17. The molecule has 1 aromatic heterocycles. The second-order valence-electron chi connectivity index (χ2n) is 7.13. The third-order valence-electron chi connectivity index (χ3n) is 5.06. The van der Waals surface area contributed by atoms with Gasteiger partial charge in [0.2, 0.25) is 0 Å². The maximum atomic E-state index is 13.1. The molecule has 0 aliphatic carbocycles. The summed E-state index contributed by atoms with van der Waals surface area (Å²) in [5.74, 6) is 0.113. The molecule has 3 aromatic carbocycles. The van der Waals surface area contributed by atoms with Crippen LogP contribution in [-0.4, -0.2) is 30.0 Å². The number of nitrogens with one attached hydrogen (secondary N) is 2. The van der Waals surface area contributed by atoms with Crippen molar-refractivity contribution in [2.45, 2.75) is 6.54 Å². The smallest absolute Gasteiger partial charge is 0.272 e. The van der Waals surface area contributed by atoms with Gasteiger partial charge in [-0.2, -0.15) is 0 Å². The molecule has 0 aliphatic heterocycles. The Hall–Kier alpha value is -3.77. The minimum absolute atomic E-state index is 0.216. The van der Waals surface area contributed by atoms with Crippen molar-refractivity contribution in [3.63, 3.8) is 0 Å². The summed E-state index contributed by atoms with van der Waals surface area (Å²) in [5.41, 5.74) is 2.44. The quantitative estimate of drug-likeness (QED) is 0.419. The second kappa shape index (κ2) is 9.58. The van der Waals surface area contributed by atoms with E-state index in [1.54, 1.807) is 37.4 Å². The van der Waals surface area contributed by atoms with E-state index in [-0.39, 0.29) is 11.8 Å². The van der Waals surface area contributed by atoms with Crippen molar-refractivity contribution in [3.05, 3.63) is 95.1 Å². The summed E-state index contributed by atoms with van der Waals surface area (Å²) in [5, 5.41) is 6.97. The molecule has 2 N–H and O–H groups in total. The fraction of sp³-hybridized carbons (Fsp3) is 0.120. The fourth-order valence-electron chi connectivity index (χ4n) is 3.53. The van der Waals surface area contributed by atoms with Gasteiger partial charge < -0.3 is 19.9 Å². The monoisotopic (exact) mass is 447 g/mol. The Morgan fingerprint density at radius 3 is 2.53 bits per heavy atom. The first kappa shape index (κ1) is 21.5. The topological polar surface area (TPSA) is 72.4 Å². The SMILES string of the molecule is CNC(=O)c1cccc(NC(=O)c2cc3ccccc3n2CCOc2ccccc2Cl)c1. The Bertz CT molecular complexity index is 1280. The molecular formula is C25H22ClN3O3. The molecule has 0 radical (unpaired) electrons. The van der Waals surface area contributed by atoms with Crippen molar-refractivity contribution >= 4 is 40.0 Å². The molecule has 0 saturated heterocycles. The third kappa shape index (κ3) is 4.60. The van der Waals surface area contributed by atoms with Gasteiger partial charge in [-0.15, -0.1) is 0 Å². The van der Waals surface area contributed by atoms with Crippen molar-refractivity contribution in [3.8, 4) is 5.75 Å². The lowest BCUT2D eigenvalue weighted by Gasteiger charge is -2.13. The molecule has 4 aromatic rings. The van der Waals surface area contributed by atoms with Crippen LogP contribution in [0, 0.1) is 0 Å². The zero-order chi connectivity index (χ0) is 22.5. The number of para-hydroxylation sites is 2. The average Bonchev–Trinajstić information content (AvgIpc) is 3.19. The Balaban J connectivity index is 1.57. The van der Waals surface area contributed by atoms with Crippen molar-refractivity contribution in [2.24, 2.45) is 0 Å². The average molecular weight is 448 g/mol. The summed E-state index contributed by atoms with van der Waals surface area (Å²) in [6.45, 7) is 0.800. The number of hydrogen-bond donors (Lipinski definition) is 2. The van der Waals surface area contributed by atoms with E-state index < -0.39 is 0 Å². The third-order valence-corrected chi connectivity index (χ3v) is 5.37. The highest BCUT2D eigenvalue weighted by molar-refractivity contribution is 6.32. The van der Waals surface area contributed by atoms with E-state index in [0.717, 1.165) is 10.9 Å². The van der Waals surface area contributed by atoms with Gasteiger partial charge in [0.1, 0.15) is 18.1 Å². The van der Waals surface area contributed by atoms with Crippen LogP contribution in [0.15, 0.2) is 78.9 Å². The molecule has 2 amide bonds. The number of rotatable bonds is 7. The molecular weight excluding hydrogens is 426 g/mol. The molecule has 0 bridgehead atoms. The fourth-order valence-corrected chi connectivity index (χ4v) is 3.72. The molecule has 32 heavy (non-hydrogen) atoms. The first-order valence-corrected chi connectivity index (χ1v) is 10.5. The number of carbonyl (C=O) groups is 2. The van der Waals surface area contributed by atoms with Crippen LogP contribution in [0.25, 0.3) is 10.9 Å². The molecule has 0 spiro atoms. The standard InChI is InChI=1S/C25H22ClN3O3/c1-27-24(30)18-8-6-9-19(15-18)28-25(31)22-16-17-7-2-4-11-21(17)29(22)13-14-32-23-12-5-3-10-20(23)26/h2-12,15-16H,13-14H2,1H3,(H,27,30)(H,28,31). The van der Waals surface area contributed by atoms with E-state index in [4.69, 9.17) is 16.3 Å². The predicted molar refractivity (Wildman–Crippen MR) is 127 cm³/mol. The Kier molecular flexibility index (Phi) is 6.42. The lowest BCUT2D eigenvalue weighted by atomic mass is 10.2. The minimum atomic E-state index is -0.270. The highest BCUT2D eigenvalue weighted by Crippen LogP contribution is 2.24. The lowest BCUT2D eigenvalue weighted by Crippen LogP contribution is -2.20. The zero-order valence-corrected chi connectivity index (χ0v) is 18.2. The van der Waals surface area contributed by atoms with Gasteiger partial charge in [0.25, 0.3) is 11.8 Å². The van der Waals surface area contributed by atoms with Gasteiger partial charge in [-0.1, -0.05) is 48.0 Å². The highest BCUT2D eigenvalue weighted by Gasteiger charge is 2.16. The van der Waals surface area contributed by atoms with E-state index >= 15 is 0 Å². The maximum Gasteiger partial charge on any atom is 0.272 e. The van der Waals surface area contributed by atoms with Gasteiger partial charge in [0, 0.05) is 29.2 Å². The number of benzene rings is 3. The number of fused-ring (bicyclic) bond motifs is 1. The van der Waals surface area contributed by atoms with Gasteiger partial charge in [0.15, 0.2) is 0 Å². The van der Waals surface area contributed by atoms with E-state index in [1.807, 2.05) is 53.1 Å². The number of amides is 2. The number of anilines is 1. The second-order valence-corrected chi connectivity index (χ2v) is 7.54. The maximum absolute atomic E-state index is 13.1. The molecule has 4 rings (SSSR count). The van der Waals surface area contributed by atoms with Crippen molar-refractivity contribution in [1.82, 2.24) is 9.88 Å². The Labute approximate surface area is 190 Å². The molecule has 6 nitrogen and oxygen atoms in total. The van der Waals surface area contributed by atoms with Crippen molar-refractivity contribution in [2.75, 3.05) is 19.0 Å². The minimum Gasteiger partial charge on any atom is -0.490 e. The first-order valence-electron chi connectivity index (χ1n) is 10.2. The molecule has 0 fully saturated rings. The molecule has 1 heterocycles. The van der Waals surface area contributed by atoms with Crippen molar-refractivity contribution in [1.29, 1.82) is 0 Å². The van der Waals surface area contributed by atoms with Crippen LogP contribution in [0.3, 0.4) is 0 Å². The van der Waals surface area contributed by atoms with Gasteiger partial charge in [-0.25, -0.2) is 0 Å². The summed E-state index contributed by atoms with van der Waals surface area (Å²) in [6, 6.07) is 23.7. The number of halogens is 1. The number of nitrogens with zero attached hydrogens (tertiary/aromatic N) is 1. The van der Waals surface area contributed by atoms with Crippen LogP contribution in [-0.2, 0) is 6.54 Å². The number of hydrogen-bond acceptors (Lipinski definition) is 3. The Morgan fingerprint density at radius 2 is 1.72 bits per heavy atom. The number of aromatic nitrogens is 1. The number of ether oxygens (including phenoxy) is 1. The van der Waals surface area contributed by atoms with E-state index in [2.05, 4.69) is 10.6 Å². The lowest BCUT2D eigenvalue weighted by molar-refractivity contribution is 0.0961. The molecule has 0 atom stereocenters. The van der Waals surface area contributed by atoms with Crippen LogP contribution in [0.1, 0.15) is 20.8 Å². The summed E-state index contributed by atoms with van der Waals surface area (Å²) in [6.07, 6.45) is 0. The normalized spacial score (nSPS) is 10.7. The van der Waals surface area contributed by atoms with Gasteiger partial charge in [0.05, 0.1) is 11.6 Å². The van der Waals surface area contributed by atoms with Crippen LogP contribution < -0.4 is 15.4 Å². The van der Waals surface area contributed by atoms with Gasteiger partial charge in [-0.3, -0.25) is 9.59 Å². The molecule has 0 saturated carbocycles. The molecule has 0 unspecified atom stereocenters. The van der Waals surface area contributed by atoms with Gasteiger partial charge in [-0.05, 0) is 42.5 Å². The van der Waals surface area contributed by atoms with E-state index in [9.17, 15) is 9.59 Å². The van der Waals surface area contributed by atoms with E-state index in [1.165, 1.54) is 0 Å². The molecule has 0 aliphatic rings. The summed E-state index contributed by atoms with van der Waals surface area (Å²) in [4.78, 5) is 25.0. The summed E-state index contributed by atoms with van der Waals surface area (Å²) < 4.78 is 7.76. The largest absolute Gasteiger partial charge is 0.490 e. The number of carbonyl (C=O) groups excluding carboxylic acids is 2. The van der Waals surface area contributed by atoms with Crippen LogP contribution in [0.5, 0.6) is 5.75 Å².